The predicted octanol–water partition coefficient (Wildman–Crippen LogP) is 4.47. The first kappa shape index (κ1) is 14.7. The molecule has 2 nitrogen and oxygen atoms in total. The first-order valence-electron chi connectivity index (χ1n) is 7.29. The number of aliphatic hydroxyl groups is 1. The highest BCUT2D eigenvalue weighted by molar-refractivity contribution is 6.31. The SMILES string of the molecule is CCN(c1cc(Cl)cc(C(C)O)c1C)C1CCCC1. The molecule has 2 rings (SSSR count). The molecule has 1 unspecified atom stereocenters. The van der Waals surface area contributed by atoms with Crippen molar-refractivity contribution in [2.75, 3.05) is 11.4 Å². The van der Waals surface area contributed by atoms with Crippen LogP contribution in [0.3, 0.4) is 0 Å². The Balaban J connectivity index is 2.41. The van der Waals surface area contributed by atoms with Crippen LogP contribution in [0, 0.1) is 6.92 Å². The second-order valence-corrected chi connectivity index (χ2v) is 5.98. The Morgan fingerprint density at radius 1 is 1.37 bits per heavy atom. The third-order valence-electron chi connectivity index (χ3n) is 4.25. The van der Waals surface area contributed by atoms with Gasteiger partial charge in [0, 0.05) is 23.3 Å². The van der Waals surface area contributed by atoms with Crippen molar-refractivity contribution in [3.63, 3.8) is 0 Å². The van der Waals surface area contributed by atoms with Crippen molar-refractivity contribution in [2.24, 2.45) is 0 Å². The standard InChI is InChI=1S/C16H24ClNO/c1-4-18(14-7-5-6-8-14)16-10-13(17)9-15(11(16)2)12(3)19/h9-10,12,14,19H,4-8H2,1-3H3. The molecule has 1 aliphatic carbocycles. The zero-order valence-electron chi connectivity index (χ0n) is 12.1. The first-order valence-corrected chi connectivity index (χ1v) is 7.67. The molecule has 1 aromatic carbocycles. The molecule has 0 amide bonds. The third kappa shape index (κ3) is 3.06. The summed E-state index contributed by atoms with van der Waals surface area (Å²) < 4.78 is 0. The summed E-state index contributed by atoms with van der Waals surface area (Å²) in [6.07, 6.45) is 4.71. The Kier molecular flexibility index (Phi) is 4.75. The fourth-order valence-electron chi connectivity index (χ4n) is 3.26. The number of nitrogens with zero attached hydrogens (tertiary/aromatic N) is 1. The summed E-state index contributed by atoms with van der Waals surface area (Å²) in [7, 11) is 0. The smallest absolute Gasteiger partial charge is 0.0765 e. The molecule has 0 spiro atoms. The van der Waals surface area contributed by atoms with Gasteiger partial charge in [0.05, 0.1) is 6.10 Å². The topological polar surface area (TPSA) is 23.5 Å². The van der Waals surface area contributed by atoms with Crippen LogP contribution in [-0.4, -0.2) is 17.7 Å². The van der Waals surface area contributed by atoms with Gasteiger partial charge in [-0.25, -0.2) is 0 Å². The maximum absolute atomic E-state index is 9.90. The summed E-state index contributed by atoms with van der Waals surface area (Å²) in [6, 6.07) is 4.56. The molecule has 3 heteroatoms. The summed E-state index contributed by atoms with van der Waals surface area (Å²) in [5.41, 5.74) is 3.30. The zero-order chi connectivity index (χ0) is 14.0. The molecule has 0 radical (unpaired) electrons. The van der Waals surface area contributed by atoms with E-state index in [0.717, 1.165) is 17.7 Å². The summed E-state index contributed by atoms with van der Waals surface area (Å²) in [5.74, 6) is 0. The van der Waals surface area contributed by atoms with Gasteiger partial charge in [-0.1, -0.05) is 24.4 Å². The number of benzene rings is 1. The molecule has 0 aliphatic heterocycles. The van der Waals surface area contributed by atoms with Crippen molar-refractivity contribution < 1.29 is 5.11 Å². The van der Waals surface area contributed by atoms with Crippen LogP contribution in [0.1, 0.15) is 56.8 Å². The van der Waals surface area contributed by atoms with Crippen molar-refractivity contribution in [3.8, 4) is 0 Å². The van der Waals surface area contributed by atoms with Crippen LogP contribution in [0.2, 0.25) is 5.02 Å². The number of aliphatic hydroxyl groups excluding tert-OH is 1. The molecule has 1 N–H and O–H groups in total. The van der Waals surface area contributed by atoms with Crippen LogP contribution in [0.4, 0.5) is 5.69 Å². The normalized spacial score (nSPS) is 17.7. The second-order valence-electron chi connectivity index (χ2n) is 5.54. The fraction of sp³-hybridized carbons (Fsp3) is 0.625. The molecule has 1 aliphatic rings. The molecule has 0 bridgehead atoms. The Morgan fingerprint density at radius 3 is 2.53 bits per heavy atom. The van der Waals surface area contributed by atoms with Gasteiger partial charge in [0.2, 0.25) is 0 Å². The van der Waals surface area contributed by atoms with E-state index in [9.17, 15) is 5.11 Å². The largest absolute Gasteiger partial charge is 0.389 e. The van der Waals surface area contributed by atoms with E-state index in [0.29, 0.717) is 11.1 Å². The average Bonchev–Trinajstić information content (AvgIpc) is 2.87. The highest BCUT2D eigenvalue weighted by atomic mass is 35.5. The Hall–Kier alpha value is -0.730. The molecule has 1 atom stereocenters. The Labute approximate surface area is 121 Å². The van der Waals surface area contributed by atoms with E-state index in [1.54, 1.807) is 6.92 Å². The molecule has 1 fully saturated rings. The van der Waals surface area contributed by atoms with Crippen molar-refractivity contribution in [1.29, 1.82) is 0 Å². The quantitative estimate of drug-likeness (QED) is 0.880. The van der Waals surface area contributed by atoms with E-state index in [1.807, 2.05) is 12.1 Å². The molecule has 0 heterocycles. The maximum atomic E-state index is 9.90. The zero-order valence-corrected chi connectivity index (χ0v) is 12.9. The first-order chi connectivity index (χ1) is 9.04. The molecule has 1 saturated carbocycles. The van der Waals surface area contributed by atoms with Crippen LogP contribution in [0.15, 0.2) is 12.1 Å². The van der Waals surface area contributed by atoms with Gasteiger partial charge < -0.3 is 10.0 Å². The number of halogens is 1. The number of rotatable bonds is 4. The van der Waals surface area contributed by atoms with Gasteiger partial charge in [0.25, 0.3) is 0 Å². The van der Waals surface area contributed by atoms with E-state index in [1.165, 1.54) is 31.4 Å². The van der Waals surface area contributed by atoms with Gasteiger partial charge in [-0.05, 0) is 56.9 Å². The predicted molar refractivity (Wildman–Crippen MR) is 82.1 cm³/mol. The van der Waals surface area contributed by atoms with E-state index in [4.69, 9.17) is 11.6 Å². The maximum Gasteiger partial charge on any atom is 0.0765 e. The minimum atomic E-state index is -0.472. The fourth-order valence-corrected chi connectivity index (χ4v) is 3.48. The van der Waals surface area contributed by atoms with Gasteiger partial charge >= 0.3 is 0 Å². The molecule has 0 saturated heterocycles. The number of hydrogen-bond donors (Lipinski definition) is 1. The van der Waals surface area contributed by atoms with Crippen molar-refractivity contribution >= 4 is 17.3 Å². The summed E-state index contributed by atoms with van der Waals surface area (Å²) in [5, 5.41) is 10.6. The van der Waals surface area contributed by atoms with Gasteiger partial charge in [0.15, 0.2) is 0 Å². The molecule has 19 heavy (non-hydrogen) atoms. The van der Waals surface area contributed by atoms with Crippen molar-refractivity contribution in [3.05, 3.63) is 28.3 Å². The van der Waals surface area contributed by atoms with E-state index in [-0.39, 0.29) is 0 Å². The monoisotopic (exact) mass is 281 g/mol. The molecular formula is C16H24ClNO. The van der Waals surface area contributed by atoms with E-state index >= 15 is 0 Å². The lowest BCUT2D eigenvalue weighted by molar-refractivity contribution is 0.198. The van der Waals surface area contributed by atoms with Gasteiger partial charge in [0.1, 0.15) is 0 Å². The average molecular weight is 282 g/mol. The molecule has 0 aromatic heterocycles. The van der Waals surface area contributed by atoms with E-state index in [2.05, 4.69) is 18.7 Å². The Morgan fingerprint density at radius 2 is 2.00 bits per heavy atom. The second kappa shape index (κ2) is 6.15. The molecule has 1 aromatic rings. The lowest BCUT2D eigenvalue weighted by Gasteiger charge is -2.32. The van der Waals surface area contributed by atoms with Crippen molar-refractivity contribution in [1.82, 2.24) is 0 Å². The van der Waals surface area contributed by atoms with Crippen LogP contribution >= 0.6 is 11.6 Å². The number of anilines is 1. The van der Waals surface area contributed by atoms with Crippen LogP contribution in [0.25, 0.3) is 0 Å². The van der Waals surface area contributed by atoms with Gasteiger partial charge in [-0.15, -0.1) is 0 Å². The number of hydrogen-bond acceptors (Lipinski definition) is 2. The highest BCUT2D eigenvalue weighted by Gasteiger charge is 2.24. The van der Waals surface area contributed by atoms with Crippen LogP contribution in [-0.2, 0) is 0 Å². The minimum absolute atomic E-state index is 0.472. The lowest BCUT2D eigenvalue weighted by Crippen LogP contribution is -2.33. The van der Waals surface area contributed by atoms with E-state index < -0.39 is 6.10 Å². The lowest BCUT2D eigenvalue weighted by atomic mass is 10.0. The van der Waals surface area contributed by atoms with Crippen LogP contribution < -0.4 is 4.90 Å². The summed E-state index contributed by atoms with van der Waals surface area (Å²) >= 11 is 6.24. The minimum Gasteiger partial charge on any atom is -0.389 e. The van der Waals surface area contributed by atoms with Crippen LogP contribution in [0.5, 0.6) is 0 Å². The van der Waals surface area contributed by atoms with Gasteiger partial charge in [-0.3, -0.25) is 0 Å². The van der Waals surface area contributed by atoms with Crippen molar-refractivity contribution in [2.45, 2.75) is 58.6 Å². The molecular weight excluding hydrogens is 258 g/mol. The molecule has 106 valence electrons. The van der Waals surface area contributed by atoms with Gasteiger partial charge in [-0.2, -0.15) is 0 Å². The summed E-state index contributed by atoms with van der Waals surface area (Å²) in [6.45, 7) is 7.07. The summed E-state index contributed by atoms with van der Waals surface area (Å²) in [4.78, 5) is 2.46. The third-order valence-corrected chi connectivity index (χ3v) is 4.47. The highest BCUT2D eigenvalue weighted by Crippen LogP contribution is 2.35. The Bertz CT molecular complexity index is 439.